The Bertz CT molecular complexity index is 553. The van der Waals surface area contributed by atoms with E-state index in [-0.39, 0.29) is 10.8 Å². The molecule has 2 rings (SSSR count). The highest BCUT2D eigenvalue weighted by molar-refractivity contribution is 8.13. The minimum absolute atomic E-state index is 0.0133. The zero-order chi connectivity index (χ0) is 11.9. The SMILES string of the molecule is CC(=O)N1CCc2cccc(S(=O)(=O)Cl)c21. The fourth-order valence-electron chi connectivity index (χ4n) is 1.93. The van der Waals surface area contributed by atoms with E-state index in [2.05, 4.69) is 0 Å². The van der Waals surface area contributed by atoms with Crippen LogP contribution in [0.25, 0.3) is 0 Å². The molecule has 0 spiro atoms. The standard InChI is InChI=1S/C10H10ClNO3S/c1-7(13)12-6-5-8-3-2-4-9(10(8)12)16(11,14)15/h2-4H,5-6H2,1H3. The van der Waals surface area contributed by atoms with E-state index >= 15 is 0 Å². The van der Waals surface area contributed by atoms with Crippen LogP contribution in [0.5, 0.6) is 0 Å². The summed E-state index contributed by atoms with van der Waals surface area (Å²) in [6.45, 7) is 1.92. The summed E-state index contributed by atoms with van der Waals surface area (Å²) in [6, 6.07) is 4.87. The first-order valence-electron chi connectivity index (χ1n) is 4.76. The van der Waals surface area contributed by atoms with E-state index in [9.17, 15) is 13.2 Å². The molecule has 0 saturated carbocycles. The molecular weight excluding hydrogens is 250 g/mol. The second kappa shape index (κ2) is 3.75. The Morgan fingerprint density at radius 2 is 2.12 bits per heavy atom. The van der Waals surface area contributed by atoms with E-state index in [1.807, 2.05) is 6.07 Å². The van der Waals surface area contributed by atoms with Crippen molar-refractivity contribution in [1.29, 1.82) is 0 Å². The van der Waals surface area contributed by atoms with Crippen LogP contribution in [-0.4, -0.2) is 20.9 Å². The van der Waals surface area contributed by atoms with E-state index in [0.717, 1.165) is 5.56 Å². The molecule has 86 valence electrons. The van der Waals surface area contributed by atoms with Gasteiger partial charge in [0.1, 0.15) is 4.90 Å². The highest BCUT2D eigenvalue weighted by atomic mass is 35.7. The number of hydrogen-bond acceptors (Lipinski definition) is 3. The van der Waals surface area contributed by atoms with Gasteiger partial charge in [0.15, 0.2) is 0 Å². The molecule has 0 atom stereocenters. The zero-order valence-corrected chi connectivity index (χ0v) is 10.2. The number of carbonyl (C=O) groups excluding carboxylic acids is 1. The summed E-state index contributed by atoms with van der Waals surface area (Å²) >= 11 is 0. The first-order valence-corrected chi connectivity index (χ1v) is 7.07. The fraction of sp³-hybridized carbons (Fsp3) is 0.300. The number of carbonyl (C=O) groups is 1. The van der Waals surface area contributed by atoms with Crippen molar-refractivity contribution in [2.45, 2.75) is 18.2 Å². The molecule has 0 unspecified atom stereocenters. The Kier molecular flexibility index (Phi) is 2.67. The Morgan fingerprint density at radius 1 is 1.44 bits per heavy atom. The average molecular weight is 260 g/mol. The number of nitrogens with zero attached hydrogens (tertiary/aromatic N) is 1. The third kappa shape index (κ3) is 1.81. The third-order valence-electron chi connectivity index (χ3n) is 2.60. The molecule has 6 heteroatoms. The molecule has 16 heavy (non-hydrogen) atoms. The molecule has 1 aromatic carbocycles. The van der Waals surface area contributed by atoms with Crippen molar-refractivity contribution in [2.75, 3.05) is 11.4 Å². The van der Waals surface area contributed by atoms with Gasteiger partial charge in [-0.2, -0.15) is 0 Å². The largest absolute Gasteiger partial charge is 0.311 e. The minimum Gasteiger partial charge on any atom is -0.311 e. The summed E-state index contributed by atoms with van der Waals surface area (Å²) < 4.78 is 22.8. The molecule has 1 aliphatic heterocycles. The van der Waals surface area contributed by atoms with E-state index in [1.165, 1.54) is 17.9 Å². The molecule has 0 saturated heterocycles. The van der Waals surface area contributed by atoms with Crippen molar-refractivity contribution < 1.29 is 13.2 Å². The summed E-state index contributed by atoms with van der Waals surface area (Å²) in [5, 5.41) is 0. The van der Waals surface area contributed by atoms with Crippen molar-refractivity contribution >= 4 is 31.3 Å². The minimum atomic E-state index is -3.82. The number of anilines is 1. The van der Waals surface area contributed by atoms with Crippen LogP contribution in [0.15, 0.2) is 23.1 Å². The lowest BCUT2D eigenvalue weighted by molar-refractivity contribution is -0.116. The maximum Gasteiger partial charge on any atom is 0.263 e. The van der Waals surface area contributed by atoms with Gasteiger partial charge in [-0.15, -0.1) is 0 Å². The topological polar surface area (TPSA) is 54.5 Å². The molecular formula is C10H10ClNO3S. The molecule has 0 aliphatic carbocycles. The Morgan fingerprint density at radius 3 is 2.69 bits per heavy atom. The van der Waals surface area contributed by atoms with Crippen LogP contribution in [0, 0.1) is 0 Å². The lowest BCUT2D eigenvalue weighted by Gasteiger charge is -2.16. The van der Waals surface area contributed by atoms with Gasteiger partial charge in [0.25, 0.3) is 9.05 Å². The fourth-order valence-corrected chi connectivity index (χ4v) is 3.02. The average Bonchev–Trinajstić information content (AvgIpc) is 2.58. The number of benzene rings is 1. The number of fused-ring (bicyclic) bond motifs is 1. The summed E-state index contributed by atoms with van der Waals surface area (Å²) in [7, 11) is 1.53. The van der Waals surface area contributed by atoms with Crippen LogP contribution in [-0.2, 0) is 20.3 Å². The Balaban J connectivity index is 2.68. The monoisotopic (exact) mass is 259 g/mol. The summed E-state index contributed by atoms with van der Waals surface area (Å²) in [5.74, 6) is -0.175. The predicted molar refractivity (Wildman–Crippen MR) is 61.2 cm³/mol. The molecule has 1 aliphatic rings. The van der Waals surface area contributed by atoms with Gasteiger partial charge in [-0.3, -0.25) is 4.79 Å². The first kappa shape index (κ1) is 11.4. The maximum absolute atomic E-state index is 11.4. The summed E-state index contributed by atoms with van der Waals surface area (Å²) in [6.07, 6.45) is 0.662. The lowest BCUT2D eigenvalue weighted by Crippen LogP contribution is -2.26. The van der Waals surface area contributed by atoms with Gasteiger partial charge in [0.2, 0.25) is 5.91 Å². The van der Waals surface area contributed by atoms with Crippen molar-refractivity contribution in [3.8, 4) is 0 Å². The van der Waals surface area contributed by atoms with Crippen molar-refractivity contribution in [2.24, 2.45) is 0 Å². The van der Waals surface area contributed by atoms with Crippen LogP contribution in [0.3, 0.4) is 0 Å². The highest BCUT2D eigenvalue weighted by Crippen LogP contribution is 2.36. The molecule has 0 aromatic heterocycles. The molecule has 0 N–H and O–H groups in total. The van der Waals surface area contributed by atoms with Gasteiger partial charge < -0.3 is 4.90 Å². The number of para-hydroxylation sites is 1. The van der Waals surface area contributed by atoms with Crippen molar-refractivity contribution in [3.63, 3.8) is 0 Å². The molecule has 0 fully saturated rings. The van der Waals surface area contributed by atoms with Crippen molar-refractivity contribution in [3.05, 3.63) is 23.8 Å². The number of rotatable bonds is 1. The van der Waals surface area contributed by atoms with Gasteiger partial charge >= 0.3 is 0 Å². The van der Waals surface area contributed by atoms with Gasteiger partial charge in [-0.05, 0) is 18.1 Å². The summed E-state index contributed by atoms with van der Waals surface area (Å²) in [5.41, 5.74) is 1.28. The van der Waals surface area contributed by atoms with Crippen molar-refractivity contribution in [1.82, 2.24) is 0 Å². The van der Waals surface area contributed by atoms with Crippen LogP contribution >= 0.6 is 10.7 Å². The van der Waals surface area contributed by atoms with Crippen LogP contribution in [0.4, 0.5) is 5.69 Å². The molecule has 0 radical (unpaired) electrons. The predicted octanol–water partition coefficient (Wildman–Crippen LogP) is 1.52. The normalized spacial score (nSPS) is 15.0. The third-order valence-corrected chi connectivity index (χ3v) is 3.95. The molecule has 1 aromatic rings. The highest BCUT2D eigenvalue weighted by Gasteiger charge is 2.29. The van der Waals surface area contributed by atoms with Crippen LogP contribution in [0.1, 0.15) is 12.5 Å². The molecule has 1 heterocycles. The van der Waals surface area contributed by atoms with Gasteiger partial charge in [0.05, 0.1) is 5.69 Å². The second-order valence-electron chi connectivity index (χ2n) is 3.62. The molecule has 0 bridgehead atoms. The van der Waals surface area contributed by atoms with E-state index in [1.54, 1.807) is 6.07 Å². The van der Waals surface area contributed by atoms with Gasteiger partial charge in [0, 0.05) is 24.2 Å². The quantitative estimate of drug-likeness (QED) is 0.719. The van der Waals surface area contributed by atoms with E-state index in [4.69, 9.17) is 10.7 Å². The Labute approximate surface area is 98.2 Å². The second-order valence-corrected chi connectivity index (χ2v) is 6.16. The van der Waals surface area contributed by atoms with E-state index < -0.39 is 9.05 Å². The van der Waals surface area contributed by atoms with E-state index in [0.29, 0.717) is 18.7 Å². The first-order chi connectivity index (χ1) is 7.41. The van der Waals surface area contributed by atoms with Gasteiger partial charge in [-0.1, -0.05) is 12.1 Å². The number of hydrogen-bond donors (Lipinski definition) is 0. The molecule has 1 amide bonds. The summed E-state index contributed by atoms with van der Waals surface area (Å²) in [4.78, 5) is 12.8. The maximum atomic E-state index is 11.4. The van der Waals surface area contributed by atoms with Gasteiger partial charge in [-0.25, -0.2) is 8.42 Å². The molecule has 4 nitrogen and oxygen atoms in total. The number of halogens is 1. The van der Waals surface area contributed by atoms with Crippen LogP contribution in [0.2, 0.25) is 0 Å². The van der Waals surface area contributed by atoms with Crippen LogP contribution < -0.4 is 4.90 Å². The zero-order valence-electron chi connectivity index (χ0n) is 8.60. The lowest BCUT2D eigenvalue weighted by atomic mass is 10.2. The Hall–Kier alpha value is -1.07. The smallest absolute Gasteiger partial charge is 0.263 e. The number of amides is 1.